The highest BCUT2D eigenvalue weighted by molar-refractivity contribution is 6.06. The second-order valence-corrected chi connectivity index (χ2v) is 8.54. The lowest BCUT2D eigenvalue weighted by Crippen LogP contribution is -2.47. The molecule has 1 saturated heterocycles. The minimum absolute atomic E-state index is 0. The van der Waals surface area contributed by atoms with Crippen molar-refractivity contribution >= 4 is 42.3 Å². The lowest BCUT2D eigenvalue weighted by molar-refractivity contribution is -0.132. The number of hydrogen-bond acceptors (Lipinski definition) is 4. The van der Waals surface area contributed by atoms with Gasteiger partial charge in [-0.25, -0.2) is 0 Å². The molecule has 1 aliphatic rings. The lowest BCUT2D eigenvalue weighted by Gasteiger charge is -2.32. The maximum Gasteiger partial charge on any atom is 0.258 e. The van der Waals surface area contributed by atoms with Crippen LogP contribution in [0.5, 0.6) is 5.75 Å². The number of halogens is 2. The molecule has 2 aromatic rings. The third-order valence-corrected chi connectivity index (χ3v) is 5.95. The molecule has 1 aliphatic heterocycles. The second kappa shape index (κ2) is 14.9. The van der Waals surface area contributed by atoms with Crippen LogP contribution in [-0.4, -0.2) is 68.5 Å². The summed E-state index contributed by atoms with van der Waals surface area (Å²) in [5.74, 6) is 0.910. The highest BCUT2D eigenvalue weighted by Gasteiger charge is 2.19. The van der Waals surface area contributed by atoms with Crippen molar-refractivity contribution < 1.29 is 14.3 Å². The normalized spacial score (nSPS) is 13.4. The average Bonchev–Trinajstić information content (AvgIpc) is 2.81. The van der Waals surface area contributed by atoms with Gasteiger partial charge in [-0.1, -0.05) is 24.3 Å². The Morgan fingerprint density at radius 3 is 2.29 bits per heavy atom. The van der Waals surface area contributed by atoms with E-state index in [-0.39, 0.29) is 36.6 Å². The van der Waals surface area contributed by atoms with Crippen molar-refractivity contribution in [3.63, 3.8) is 0 Å². The lowest BCUT2D eigenvalue weighted by atomic mass is 10.1. The number of amides is 2. The summed E-state index contributed by atoms with van der Waals surface area (Å²) >= 11 is 0. The van der Waals surface area contributed by atoms with Crippen LogP contribution in [0, 0.1) is 6.92 Å². The molecular formula is C26H37Cl2N3O3. The molecule has 6 nitrogen and oxygen atoms in total. The van der Waals surface area contributed by atoms with Gasteiger partial charge in [0.25, 0.3) is 5.91 Å². The molecule has 34 heavy (non-hydrogen) atoms. The van der Waals surface area contributed by atoms with Crippen molar-refractivity contribution in [2.75, 3.05) is 51.8 Å². The van der Waals surface area contributed by atoms with Gasteiger partial charge in [0, 0.05) is 45.2 Å². The van der Waals surface area contributed by atoms with E-state index in [1.54, 1.807) is 11.9 Å². The Balaban J connectivity index is 0.00000289. The van der Waals surface area contributed by atoms with Crippen LogP contribution < -0.4 is 9.64 Å². The van der Waals surface area contributed by atoms with E-state index < -0.39 is 0 Å². The summed E-state index contributed by atoms with van der Waals surface area (Å²) in [6.07, 6.45) is 3.30. The average molecular weight is 511 g/mol. The highest BCUT2D eigenvalue weighted by atomic mass is 35.5. The molecule has 0 bridgehead atoms. The molecule has 0 saturated carbocycles. The molecule has 0 aromatic heterocycles. The van der Waals surface area contributed by atoms with E-state index in [0.29, 0.717) is 24.3 Å². The molecular weight excluding hydrogens is 473 g/mol. The van der Waals surface area contributed by atoms with E-state index in [4.69, 9.17) is 4.74 Å². The number of hydrogen-bond donors (Lipinski definition) is 0. The minimum Gasteiger partial charge on any atom is -0.491 e. The minimum atomic E-state index is -0.0679. The first-order chi connectivity index (χ1) is 15.5. The van der Waals surface area contributed by atoms with E-state index in [0.717, 1.165) is 56.7 Å². The van der Waals surface area contributed by atoms with Crippen LogP contribution in [0.15, 0.2) is 48.5 Å². The zero-order valence-corrected chi connectivity index (χ0v) is 22.0. The zero-order valence-electron chi connectivity index (χ0n) is 20.4. The van der Waals surface area contributed by atoms with Gasteiger partial charge in [-0.05, 0) is 63.1 Å². The van der Waals surface area contributed by atoms with Gasteiger partial charge < -0.3 is 19.4 Å². The number of carbonyl (C=O) groups is 2. The van der Waals surface area contributed by atoms with Gasteiger partial charge in [0.2, 0.25) is 5.91 Å². The maximum atomic E-state index is 12.8. The molecule has 0 unspecified atom stereocenters. The van der Waals surface area contributed by atoms with Crippen LogP contribution in [0.4, 0.5) is 5.69 Å². The molecule has 0 atom stereocenters. The van der Waals surface area contributed by atoms with Crippen molar-refractivity contribution in [2.45, 2.75) is 32.6 Å². The molecule has 3 rings (SSSR count). The van der Waals surface area contributed by atoms with Gasteiger partial charge in [0.05, 0.1) is 12.3 Å². The number of ether oxygens (including phenoxy) is 1. The van der Waals surface area contributed by atoms with Crippen LogP contribution in [0.3, 0.4) is 0 Å². The number of piperazine rings is 1. The highest BCUT2D eigenvalue weighted by Crippen LogP contribution is 2.30. The third kappa shape index (κ3) is 8.49. The van der Waals surface area contributed by atoms with Crippen molar-refractivity contribution in [3.8, 4) is 5.75 Å². The van der Waals surface area contributed by atoms with Crippen LogP contribution in [0.2, 0.25) is 0 Å². The zero-order chi connectivity index (χ0) is 22.9. The number of likely N-dealkylation sites (N-methyl/N-ethyl adjacent to an activating group) is 1. The number of anilines is 1. The fourth-order valence-corrected chi connectivity index (χ4v) is 3.85. The molecule has 0 N–H and O–H groups in total. The van der Waals surface area contributed by atoms with Crippen molar-refractivity contribution in [1.29, 1.82) is 0 Å². The van der Waals surface area contributed by atoms with E-state index in [2.05, 4.69) is 11.9 Å². The van der Waals surface area contributed by atoms with Crippen LogP contribution >= 0.6 is 24.8 Å². The third-order valence-electron chi connectivity index (χ3n) is 5.95. The van der Waals surface area contributed by atoms with E-state index in [9.17, 15) is 9.59 Å². The van der Waals surface area contributed by atoms with Gasteiger partial charge in [0.15, 0.2) is 0 Å². The van der Waals surface area contributed by atoms with Gasteiger partial charge >= 0.3 is 0 Å². The standard InChI is InChI=1S/C26H35N3O3.2ClH/c1-21-13-14-23(28(3)26(31)22-10-6-4-7-11-22)24(20-21)32-19-9-5-8-12-25(30)29-17-15-27(2)16-18-29;;/h4,6-7,10-11,13-14,20H,5,8-9,12,15-19H2,1-3H3;2*1H. The summed E-state index contributed by atoms with van der Waals surface area (Å²) in [5, 5.41) is 0. The Kier molecular flexibility index (Phi) is 13.0. The number of rotatable bonds is 9. The van der Waals surface area contributed by atoms with E-state index in [1.807, 2.05) is 60.4 Å². The fraction of sp³-hybridized carbons (Fsp3) is 0.462. The Hall–Kier alpha value is -2.28. The SMILES string of the molecule is Cc1ccc(N(C)C(=O)c2ccccc2)c(OCCCCCC(=O)N2CCN(C)CC2)c1.Cl.Cl. The number of unbranched alkanes of at least 4 members (excludes halogenated alkanes) is 2. The van der Waals surface area contributed by atoms with Gasteiger partial charge in [-0.15, -0.1) is 24.8 Å². The second-order valence-electron chi connectivity index (χ2n) is 8.54. The summed E-state index contributed by atoms with van der Waals surface area (Å²) in [6, 6.07) is 15.1. The smallest absolute Gasteiger partial charge is 0.258 e. The van der Waals surface area contributed by atoms with E-state index >= 15 is 0 Å². The van der Waals surface area contributed by atoms with E-state index in [1.165, 1.54) is 0 Å². The van der Waals surface area contributed by atoms with Crippen molar-refractivity contribution in [2.24, 2.45) is 0 Å². The van der Waals surface area contributed by atoms with Crippen LogP contribution in [-0.2, 0) is 4.79 Å². The molecule has 1 heterocycles. The molecule has 2 amide bonds. The first-order valence-electron chi connectivity index (χ1n) is 11.5. The molecule has 1 fully saturated rings. The summed E-state index contributed by atoms with van der Waals surface area (Å²) in [7, 11) is 3.87. The molecule has 0 aliphatic carbocycles. The molecule has 8 heteroatoms. The summed E-state index contributed by atoms with van der Waals surface area (Å²) in [4.78, 5) is 31.1. The van der Waals surface area contributed by atoms with Gasteiger partial charge in [-0.2, -0.15) is 0 Å². The topological polar surface area (TPSA) is 53.1 Å². The number of carbonyl (C=O) groups excluding carboxylic acids is 2. The number of benzene rings is 2. The first kappa shape index (κ1) is 29.8. The van der Waals surface area contributed by atoms with Crippen molar-refractivity contribution in [1.82, 2.24) is 9.80 Å². The predicted octanol–water partition coefficient (Wildman–Crippen LogP) is 4.83. The summed E-state index contributed by atoms with van der Waals surface area (Å²) < 4.78 is 6.07. The predicted molar refractivity (Wildman–Crippen MR) is 143 cm³/mol. The summed E-state index contributed by atoms with van der Waals surface area (Å²) in [6.45, 7) is 6.17. The Bertz CT molecular complexity index is 903. The Morgan fingerprint density at radius 2 is 1.62 bits per heavy atom. The first-order valence-corrected chi connectivity index (χ1v) is 11.5. The van der Waals surface area contributed by atoms with Gasteiger partial charge in [-0.3, -0.25) is 9.59 Å². The quantitative estimate of drug-likeness (QED) is 0.454. The monoisotopic (exact) mass is 509 g/mol. The summed E-state index contributed by atoms with van der Waals surface area (Å²) in [5.41, 5.74) is 2.49. The number of aryl methyl sites for hydroxylation is 1. The fourth-order valence-electron chi connectivity index (χ4n) is 3.85. The van der Waals surface area contributed by atoms with Crippen molar-refractivity contribution in [3.05, 3.63) is 59.7 Å². The largest absolute Gasteiger partial charge is 0.491 e. The van der Waals surface area contributed by atoms with Crippen LogP contribution in [0.1, 0.15) is 41.6 Å². The number of nitrogens with zero attached hydrogens (tertiary/aromatic N) is 3. The Labute approximate surface area is 216 Å². The Morgan fingerprint density at radius 1 is 0.941 bits per heavy atom. The maximum absolute atomic E-state index is 12.8. The van der Waals surface area contributed by atoms with Gasteiger partial charge in [0.1, 0.15) is 5.75 Å². The molecule has 0 radical (unpaired) electrons. The van der Waals surface area contributed by atoms with Crippen LogP contribution in [0.25, 0.3) is 0 Å². The molecule has 188 valence electrons. The molecule has 2 aromatic carbocycles. The molecule has 0 spiro atoms.